The van der Waals surface area contributed by atoms with E-state index in [1.807, 2.05) is 34.6 Å². The van der Waals surface area contributed by atoms with E-state index >= 15 is 0 Å². The van der Waals surface area contributed by atoms with Crippen molar-refractivity contribution in [1.29, 1.82) is 0 Å². The van der Waals surface area contributed by atoms with Gasteiger partial charge in [0, 0.05) is 30.5 Å². The maximum absolute atomic E-state index is 11.9. The van der Waals surface area contributed by atoms with E-state index in [1.165, 1.54) is 11.9 Å². The standard InChI is InChI=1S/C14H11N3O2S/c18-14(12-4-1-2-7-15-12)16-11-6-8-17(10-11)20-13-5-3-9-19-13/h1-10H,(H,16,18). The highest BCUT2D eigenvalue weighted by atomic mass is 32.2. The van der Waals surface area contributed by atoms with Crippen molar-refractivity contribution in [3.8, 4) is 0 Å². The molecule has 20 heavy (non-hydrogen) atoms. The zero-order valence-electron chi connectivity index (χ0n) is 10.4. The average Bonchev–Trinajstić information content (AvgIpc) is 3.12. The Bertz CT molecular complexity index is 692. The van der Waals surface area contributed by atoms with E-state index in [4.69, 9.17) is 4.42 Å². The lowest BCUT2D eigenvalue weighted by atomic mass is 10.3. The Labute approximate surface area is 119 Å². The van der Waals surface area contributed by atoms with E-state index in [9.17, 15) is 4.79 Å². The smallest absolute Gasteiger partial charge is 0.274 e. The maximum Gasteiger partial charge on any atom is 0.274 e. The van der Waals surface area contributed by atoms with Crippen LogP contribution in [0.5, 0.6) is 0 Å². The van der Waals surface area contributed by atoms with E-state index in [1.54, 1.807) is 30.7 Å². The number of furan rings is 1. The van der Waals surface area contributed by atoms with Crippen LogP contribution in [0.15, 0.2) is 70.8 Å². The van der Waals surface area contributed by atoms with Gasteiger partial charge in [0.05, 0.1) is 12.0 Å². The molecule has 6 heteroatoms. The lowest BCUT2D eigenvalue weighted by Crippen LogP contribution is -2.12. The Hall–Kier alpha value is -2.47. The zero-order chi connectivity index (χ0) is 13.8. The molecule has 0 unspecified atom stereocenters. The molecule has 0 fully saturated rings. The van der Waals surface area contributed by atoms with E-state index in [2.05, 4.69) is 10.3 Å². The number of nitrogens with zero attached hydrogens (tertiary/aromatic N) is 2. The molecule has 3 rings (SSSR count). The van der Waals surface area contributed by atoms with Gasteiger partial charge in [-0.1, -0.05) is 6.07 Å². The molecule has 0 radical (unpaired) electrons. The summed E-state index contributed by atoms with van der Waals surface area (Å²) in [5.41, 5.74) is 1.10. The fourth-order valence-corrected chi connectivity index (χ4v) is 2.35. The fourth-order valence-electron chi connectivity index (χ4n) is 1.62. The van der Waals surface area contributed by atoms with Gasteiger partial charge < -0.3 is 9.73 Å². The number of carbonyl (C=O) groups is 1. The summed E-state index contributed by atoms with van der Waals surface area (Å²) in [6.45, 7) is 0. The molecule has 3 aromatic rings. The molecule has 0 aliphatic carbocycles. The number of hydrogen-bond acceptors (Lipinski definition) is 4. The third kappa shape index (κ3) is 2.92. The third-order valence-corrected chi connectivity index (χ3v) is 3.36. The van der Waals surface area contributed by atoms with Crippen molar-refractivity contribution in [1.82, 2.24) is 8.96 Å². The van der Waals surface area contributed by atoms with Crippen LogP contribution in [0.2, 0.25) is 0 Å². The number of anilines is 1. The highest BCUT2D eigenvalue weighted by Crippen LogP contribution is 2.23. The normalized spacial score (nSPS) is 10.4. The number of aromatic nitrogens is 2. The van der Waals surface area contributed by atoms with Gasteiger partial charge in [-0.3, -0.25) is 13.8 Å². The molecular weight excluding hydrogens is 274 g/mol. The van der Waals surface area contributed by atoms with Gasteiger partial charge in [-0.05, 0) is 30.3 Å². The molecule has 0 spiro atoms. The first-order chi connectivity index (χ1) is 9.81. The highest BCUT2D eigenvalue weighted by Gasteiger charge is 2.08. The van der Waals surface area contributed by atoms with Crippen molar-refractivity contribution in [3.63, 3.8) is 0 Å². The molecule has 0 aromatic carbocycles. The lowest BCUT2D eigenvalue weighted by Gasteiger charge is -2.01. The predicted molar refractivity (Wildman–Crippen MR) is 76.6 cm³/mol. The first kappa shape index (κ1) is 12.6. The Morgan fingerprint density at radius 1 is 1.25 bits per heavy atom. The van der Waals surface area contributed by atoms with Gasteiger partial charge in [-0.2, -0.15) is 0 Å². The van der Waals surface area contributed by atoms with Crippen molar-refractivity contribution in [2.24, 2.45) is 0 Å². The van der Waals surface area contributed by atoms with Crippen molar-refractivity contribution in [2.45, 2.75) is 5.09 Å². The minimum absolute atomic E-state index is 0.230. The van der Waals surface area contributed by atoms with Crippen molar-refractivity contribution in [2.75, 3.05) is 5.32 Å². The van der Waals surface area contributed by atoms with Gasteiger partial charge in [-0.25, -0.2) is 0 Å². The maximum atomic E-state index is 11.9. The van der Waals surface area contributed by atoms with Crippen LogP contribution >= 0.6 is 11.9 Å². The van der Waals surface area contributed by atoms with Crippen LogP contribution in [0.4, 0.5) is 5.69 Å². The van der Waals surface area contributed by atoms with Gasteiger partial charge in [0.25, 0.3) is 5.91 Å². The number of rotatable bonds is 4. The van der Waals surface area contributed by atoms with Gasteiger partial charge in [0.15, 0.2) is 5.09 Å². The average molecular weight is 285 g/mol. The molecular formula is C14H11N3O2S. The fraction of sp³-hybridized carbons (Fsp3) is 0. The minimum Gasteiger partial charge on any atom is -0.456 e. The number of amides is 1. The predicted octanol–water partition coefficient (Wildman–Crippen LogP) is 3.28. The summed E-state index contributed by atoms with van der Waals surface area (Å²) < 4.78 is 7.10. The quantitative estimate of drug-likeness (QED) is 0.799. The third-order valence-electron chi connectivity index (χ3n) is 2.51. The molecule has 0 atom stereocenters. The Morgan fingerprint density at radius 2 is 2.20 bits per heavy atom. The Kier molecular flexibility index (Phi) is 3.56. The zero-order valence-corrected chi connectivity index (χ0v) is 11.2. The first-order valence-electron chi connectivity index (χ1n) is 5.93. The molecule has 0 aliphatic rings. The van der Waals surface area contributed by atoms with Crippen LogP contribution in [0, 0.1) is 0 Å². The van der Waals surface area contributed by atoms with Crippen LogP contribution in [-0.4, -0.2) is 14.9 Å². The second-order valence-corrected chi connectivity index (χ2v) is 4.96. The second kappa shape index (κ2) is 5.66. The van der Waals surface area contributed by atoms with Gasteiger partial charge >= 0.3 is 0 Å². The number of nitrogens with one attached hydrogen (secondary N) is 1. The number of carbonyl (C=O) groups excluding carboxylic acids is 1. The van der Waals surface area contributed by atoms with Crippen LogP contribution < -0.4 is 5.32 Å². The summed E-state index contributed by atoms with van der Waals surface area (Å²) in [5.74, 6) is -0.230. The van der Waals surface area contributed by atoms with Gasteiger partial charge in [0.2, 0.25) is 0 Å². The van der Waals surface area contributed by atoms with E-state index in [0.29, 0.717) is 11.4 Å². The largest absolute Gasteiger partial charge is 0.456 e. The summed E-state index contributed by atoms with van der Waals surface area (Å²) in [5, 5.41) is 3.57. The molecule has 5 nitrogen and oxygen atoms in total. The second-order valence-electron chi connectivity index (χ2n) is 3.95. The summed E-state index contributed by atoms with van der Waals surface area (Å²) in [4.78, 5) is 15.9. The highest BCUT2D eigenvalue weighted by molar-refractivity contribution is 7.97. The first-order valence-corrected chi connectivity index (χ1v) is 6.71. The van der Waals surface area contributed by atoms with Crippen LogP contribution in [0.1, 0.15) is 10.5 Å². The van der Waals surface area contributed by atoms with Crippen molar-refractivity contribution < 1.29 is 9.21 Å². The Balaban J connectivity index is 1.67. The van der Waals surface area contributed by atoms with Crippen molar-refractivity contribution >= 4 is 23.5 Å². The van der Waals surface area contributed by atoms with Gasteiger partial charge in [-0.15, -0.1) is 0 Å². The van der Waals surface area contributed by atoms with Crippen LogP contribution in [0.3, 0.4) is 0 Å². The molecule has 3 heterocycles. The monoisotopic (exact) mass is 285 g/mol. The lowest BCUT2D eigenvalue weighted by molar-refractivity contribution is 0.102. The molecule has 100 valence electrons. The molecule has 0 saturated carbocycles. The summed E-state index contributed by atoms with van der Waals surface area (Å²) >= 11 is 1.42. The van der Waals surface area contributed by atoms with Gasteiger partial charge in [0.1, 0.15) is 5.69 Å². The minimum atomic E-state index is -0.230. The van der Waals surface area contributed by atoms with E-state index in [0.717, 1.165) is 5.09 Å². The Morgan fingerprint density at radius 3 is 2.95 bits per heavy atom. The van der Waals surface area contributed by atoms with Crippen LogP contribution in [0.25, 0.3) is 0 Å². The van der Waals surface area contributed by atoms with E-state index in [-0.39, 0.29) is 5.91 Å². The van der Waals surface area contributed by atoms with Crippen molar-refractivity contribution in [3.05, 3.63) is 66.9 Å². The molecule has 0 bridgehead atoms. The summed E-state index contributed by atoms with van der Waals surface area (Å²) in [7, 11) is 0. The molecule has 0 saturated heterocycles. The molecule has 0 aliphatic heterocycles. The van der Waals surface area contributed by atoms with E-state index < -0.39 is 0 Å². The number of hydrogen-bond donors (Lipinski definition) is 1. The number of pyridine rings is 1. The topological polar surface area (TPSA) is 60.1 Å². The molecule has 1 amide bonds. The molecule has 1 N–H and O–H groups in total. The molecule has 3 aromatic heterocycles. The van der Waals surface area contributed by atoms with Crippen LogP contribution in [-0.2, 0) is 0 Å². The SMILES string of the molecule is O=C(Nc1ccn(Sc2ccco2)c1)c1ccccn1. The summed E-state index contributed by atoms with van der Waals surface area (Å²) in [6.07, 6.45) is 6.87. The summed E-state index contributed by atoms with van der Waals surface area (Å²) in [6, 6.07) is 10.7.